The molecule has 0 bridgehead atoms. The number of aryl methyl sites for hydroxylation is 1. The molecule has 6 nitrogen and oxygen atoms in total. The largest absolute Gasteiger partial charge is 0.497 e. The molecule has 1 atom stereocenters. The summed E-state index contributed by atoms with van der Waals surface area (Å²) in [6.07, 6.45) is 2.24. The van der Waals surface area contributed by atoms with Crippen molar-refractivity contribution in [3.63, 3.8) is 0 Å². The van der Waals surface area contributed by atoms with Gasteiger partial charge in [-0.25, -0.2) is 0 Å². The predicted molar refractivity (Wildman–Crippen MR) is 150 cm³/mol. The second-order valence-corrected chi connectivity index (χ2v) is 9.78. The van der Waals surface area contributed by atoms with Gasteiger partial charge in [0.05, 0.1) is 7.11 Å². The SMILES string of the molecule is CCCCNC(=O)[C@H](Cc1ccccc1)N(Cc1cccc(OC)c1)C(=O)COc1ccc(Br)c(C)c1. The van der Waals surface area contributed by atoms with E-state index in [1.54, 1.807) is 12.0 Å². The molecule has 37 heavy (non-hydrogen) atoms. The Morgan fingerprint density at radius 2 is 1.73 bits per heavy atom. The van der Waals surface area contributed by atoms with Crippen LogP contribution < -0.4 is 14.8 Å². The van der Waals surface area contributed by atoms with E-state index >= 15 is 0 Å². The first-order valence-corrected chi connectivity index (χ1v) is 13.3. The fraction of sp³-hybridized carbons (Fsp3) is 0.333. The van der Waals surface area contributed by atoms with E-state index in [0.29, 0.717) is 24.5 Å². The Bertz CT molecular complexity index is 1170. The van der Waals surface area contributed by atoms with Gasteiger partial charge in [-0.1, -0.05) is 71.7 Å². The summed E-state index contributed by atoms with van der Waals surface area (Å²) in [7, 11) is 1.61. The van der Waals surface area contributed by atoms with Crippen LogP contribution in [-0.2, 0) is 22.6 Å². The van der Waals surface area contributed by atoms with Crippen LogP contribution in [0.25, 0.3) is 0 Å². The van der Waals surface area contributed by atoms with Crippen LogP contribution in [0.3, 0.4) is 0 Å². The lowest BCUT2D eigenvalue weighted by Crippen LogP contribution is -2.51. The van der Waals surface area contributed by atoms with Crippen molar-refractivity contribution in [3.8, 4) is 11.5 Å². The molecule has 0 unspecified atom stereocenters. The Labute approximate surface area is 228 Å². The van der Waals surface area contributed by atoms with Gasteiger partial charge in [-0.05, 0) is 60.4 Å². The number of hydrogen-bond acceptors (Lipinski definition) is 4. The smallest absolute Gasteiger partial charge is 0.261 e. The van der Waals surface area contributed by atoms with E-state index in [0.717, 1.165) is 34.0 Å². The van der Waals surface area contributed by atoms with Crippen LogP contribution in [0.1, 0.15) is 36.5 Å². The summed E-state index contributed by atoms with van der Waals surface area (Å²) in [6.45, 7) is 4.67. The number of hydrogen-bond donors (Lipinski definition) is 1. The number of halogens is 1. The van der Waals surface area contributed by atoms with E-state index in [9.17, 15) is 9.59 Å². The van der Waals surface area contributed by atoms with Crippen LogP contribution in [0.4, 0.5) is 0 Å². The summed E-state index contributed by atoms with van der Waals surface area (Å²) in [5.41, 5.74) is 2.85. The molecule has 0 aliphatic heterocycles. The highest BCUT2D eigenvalue weighted by Crippen LogP contribution is 2.22. The van der Waals surface area contributed by atoms with Gasteiger partial charge in [-0.3, -0.25) is 9.59 Å². The molecule has 0 aliphatic rings. The maximum Gasteiger partial charge on any atom is 0.261 e. The van der Waals surface area contributed by atoms with Crippen molar-refractivity contribution >= 4 is 27.7 Å². The summed E-state index contributed by atoms with van der Waals surface area (Å²) in [6, 6.07) is 22.2. The Morgan fingerprint density at radius 3 is 2.43 bits per heavy atom. The number of nitrogens with one attached hydrogen (secondary N) is 1. The minimum atomic E-state index is -0.701. The standard InChI is InChI=1S/C30H35BrN2O4/c1-4-5-16-32-30(35)28(19-23-10-7-6-8-11-23)33(20-24-12-9-13-25(18-24)36-3)29(34)21-37-26-14-15-27(31)22(2)17-26/h6-15,17-18,28H,4-5,16,19-21H2,1-3H3,(H,32,35)/t28-/m0/s1. The molecule has 0 radical (unpaired) electrons. The van der Waals surface area contributed by atoms with Crippen molar-refractivity contribution < 1.29 is 19.1 Å². The molecule has 2 amide bonds. The summed E-state index contributed by atoms with van der Waals surface area (Å²) in [5, 5.41) is 3.03. The minimum Gasteiger partial charge on any atom is -0.497 e. The van der Waals surface area contributed by atoms with Crippen LogP contribution in [0.5, 0.6) is 11.5 Å². The van der Waals surface area contributed by atoms with E-state index < -0.39 is 6.04 Å². The molecule has 3 aromatic carbocycles. The number of unbranched alkanes of at least 4 members (excludes halogenated alkanes) is 1. The molecule has 196 valence electrons. The summed E-state index contributed by atoms with van der Waals surface area (Å²) in [4.78, 5) is 28.8. The molecular weight excluding hydrogens is 532 g/mol. The number of methoxy groups -OCH3 is 1. The van der Waals surface area contributed by atoms with E-state index in [1.807, 2.05) is 79.7 Å². The van der Waals surface area contributed by atoms with Crippen molar-refractivity contribution in [1.82, 2.24) is 10.2 Å². The van der Waals surface area contributed by atoms with E-state index in [4.69, 9.17) is 9.47 Å². The highest BCUT2D eigenvalue weighted by atomic mass is 79.9. The van der Waals surface area contributed by atoms with Crippen LogP contribution in [0.15, 0.2) is 77.3 Å². The van der Waals surface area contributed by atoms with Crippen molar-refractivity contribution in [2.24, 2.45) is 0 Å². The monoisotopic (exact) mass is 566 g/mol. The number of carbonyl (C=O) groups excluding carboxylic acids is 2. The number of benzene rings is 3. The Morgan fingerprint density at radius 1 is 0.973 bits per heavy atom. The molecule has 3 aromatic rings. The second kappa shape index (κ2) is 14.4. The summed E-state index contributed by atoms with van der Waals surface area (Å²) < 4.78 is 12.2. The molecule has 0 saturated heterocycles. The minimum absolute atomic E-state index is 0.173. The highest BCUT2D eigenvalue weighted by molar-refractivity contribution is 9.10. The van der Waals surface area contributed by atoms with Gasteiger partial charge in [0.15, 0.2) is 6.61 Å². The van der Waals surface area contributed by atoms with Gasteiger partial charge in [-0.15, -0.1) is 0 Å². The van der Waals surface area contributed by atoms with Gasteiger partial charge < -0.3 is 19.7 Å². The lowest BCUT2D eigenvalue weighted by Gasteiger charge is -2.31. The number of carbonyl (C=O) groups is 2. The molecule has 1 N–H and O–H groups in total. The number of rotatable bonds is 13. The fourth-order valence-corrected chi connectivity index (χ4v) is 4.21. The number of nitrogens with zero attached hydrogens (tertiary/aromatic N) is 1. The highest BCUT2D eigenvalue weighted by Gasteiger charge is 2.30. The molecule has 0 aliphatic carbocycles. The van der Waals surface area contributed by atoms with Gasteiger partial charge in [-0.2, -0.15) is 0 Å². The third kappa shape index (κ3) is 8.64. The van der Waals surface area contributed by atoms with Gasteiger partial charge in [0.25, 0.3) is 5.91 Å². The van der Waals surface area contributed by atoms with Gasteiger partial charge in [0.1, 0.15) is 17.5 Å². The van der Waals surface area contributed by atoms with Gasteiger partial charge in [0, 0.05) is 24.0 Å². The normalized spacial score (nSPS) is 11.5. The first-order chi connectivity index (χ1) is 17.9. The first-order valence-electron chi connectivity index (χ1n) is 12.5. The zero-order valence-electron chi connectivity index (χ0n) is 21.7. The third-order valence-corrected chi connectivity index (χ3v) is 6.97. The Kier molecular flexibility index (Phi) is 11.0. The maximum absolute atomic E-state index is 13.7. The molecular formula is C30H35BrN2O4. The van der Waals surface area contributed by atoms with Crippen LogP contribution >= 0.6 is 15.9 Å². The molecule has 3 rings (SSSR count). The van der Waals surface area contributed by atoms with Gasteiger partial charge in [0.2, 0.25) is 5.91 Å². The zero-order chi connectivity index (χ0) is 26.6. The van der Waals surface area contributed by atoms with Gasteiger partial charge >= 0.3 is 0 Å². The lowest BCUT2D eigenvalue weighted by atomic mass is 10.0. The fourth-order valence-electron chi connectivity index (χ4n) is 3.96. The molecule has 7 heteroatoms. The quantitative estimate of drug-likeness (QED) is 0.269. The average molecular weight is 568 g/mol. The van der Waals surface area contributed by atoms with Crippen molar-refractivity contribution in [1.29, 1.82) is 0 Å². The predicted octanol–water partition coefficient (Wildman–Crippen LogP) is 5.70. The molecule has 0 heterocycles. The van der Waals surface area contributed by atoms with Crippen LogP contribution in [-0.4, -0.2) is 43.0 Å². The van der Waals surface area contributed by atoms with Crippen molar-refractivity contribution in [3.05, 3.63) is 94.0 Å². The third-order valence-electron chi connectivity index (χ3n) is 6.08. The average Bonchev–Trinajstić information content (AvgIpc) is 2.92. The van der Waals surface area contributed by atoms with Crippen LogP contribution in [0, 0.1) is 6.92 Å². The van der Waals surface area contributed by atoms with E-state index in [-0.39, 0.29) is 25.0 Å². The summed E-state index contributed by atoms with van der Waals surface area (Å²) in [5.74, 6) is 0.851. The molecule has 0 fully saturated rings. The second-order valence-electron chi connectivity index (χ2n) is 8.92. The molecule has 0 aromatic heterocycles. The maximum atomic E-state index is 13.7. The van der Waals surface area contributed by atoms with E-state index in [2.05, 4.69) is 28.2 Å². The molecule has 0 spiro atoms. The van der Waals surface area contributed by atoms with Crippen molar-refractivity contribution in [2.45, 2.75) is 45.7 Å². The lowest BCUT2D eigenvalue weighted by molar-refractivity contribution is -0.142. The number of amides is 2. The Hall–Kier alpha value is -3.32. The summed E-state index contributed by atoms with van der Waals surface area (Å²) >= 11 is 3.49. The van der Waals surface area contributed by atoms with Crippen molar-refractivity contribution in [2.75, 3.05) is 20.3 Å². The zero-order valence-corrected chi connectivity index (χ0v) is 23.3. The van der Waals surface area contributed by atoms with Crippen LogP contribution in [0.2, 0.25) is 0 Å². The molecule has 0 saturated carbocycles. The topological polar surface area (TPSA) is 67.9 Å². The van der Waals surface area contributed by atoms with E-state index in [1.165, 1.54) is 0 Å². The first kappa shape index (κ1) is 28.3. The number of ether oxygens (including phenoxy) is 2. The Balaban J connectivity index is 1.90.